The van der Waals surface area contributed by atoms with Gasteiger partial charge in [0.15, 0.2) is 0 Å². The average molecular weight is 297 g/mol. The smallest absolute Gasteiger partial charge is 0.410 e. The van der Waals surface area contributed by atoms with E-state index in [-0.39, 0.29) is 18.2 Å². The Balaban J connectivity index is 2.00. The van der Waals surface area contributed by atoms with Gasteiger partial charge in [0.05, 0.1) is 0 Å². The lowest BCUT2D eigenvalue weighted by Crippen LogP contribution is -2.51. The van der Waals surface area contributed by atoms with Crippen LogP contribution >= 0.6 is 0 Å². The Morgan fingerprint density at radius 3 is 2.43 bits per heavy atom. The van der Waals surface area contributed by atoms with Gasteiger partial charge in [0.25, 0.3) is 0 Å². The lowest BCUT2D eigenvalue weighted by Gasteiger charge is -2.41. The molecule has 2 saturated heterocycles. The number of carbonyl (C=O) groups excluding carboxylic acids is 1. The lowest BCUT2D eigenvalue weighted by molar-refractivity contribution is -0.000465. The maximum atomic E-state index is 12.4. The summed E-state index contributed by atoms with van der Waals surface area (Å²) in [4.78, 5) is 16.7. The van der Waals surface area contributed by atoms with Crippen LogP contribution in [0.5, 0.6) is 0 Å². The van der Waals surface area contributed by atoms with Gasteiger partial charge in [0.1, 0.15) is 5.60 Å². The normalized spacial score (nSPS) is 35.0. The summed E-state index contributed by atoms with van der Waals surface area (Å²) in [5.41, 5.74) is 5.65. The molecule has 2 heterocycles. The molecule has 122 valence electrons. The number of hydrogen-bond acceptors (Lipinski definition) is 4. The standard InChI is InChI=1S/C16H31N3O2/c1-11-6-7-12(14-8-13(17)10-18(14)5)9-19(11)15(20)21-16(2,3)4/h11-14H,6-10,17H2,1-5H3/t11-,12+,13?,14?/m1/s1. The first-order valence-corrected chi connectivity index (χ1v) is 8.13. The fourth-order valence-electron chi connectivity index (χ4n) is 3.65. The molecule has 1 amide bonds. The first-order valence-electron chi connectivity index (χ1n) is 8.13. The van der Waals surface area contributed by atoms with E-state index in [1.54, 1.807) is 0 Å². The second kappa shape index (κ2) is 6.13. The number of amides is 1. The van der Waals surface area contributed by atoms with Gasteiger partial charge in [0, 0.05) is 31.2 Å². The van der Waals surface area contributed by atoms with Crippen molar-refractivity contribution in [2.75, 3.05) is 20.1 Å². The molecule has 2 rings (SSSR count). The highest BCUT2D eigenvalue weighted by Crippen LogP contribution is 2.31. The van der Waals surface area contributed by atoms with Gasteiger partial charge in [-0.2, -0.15) is 0 Å². The quantitative estimate of drug-likeness (QED) is 0.805. The molecule has 5 nitrogen and oxygen atoms in total. The molecule has 2 aliphatic heterocycles. The van der Waals surface area contributed by atoms with E-state index in [0.29, 0.717) is 12.0 Å². The Kier molecular flexibility index (Phi) is 4.83. The minimum absolute atomic E-state index is 0.176. The van der Waals surface area contributed by atoms with Gasteiger partial charge < -0.3 is 20.3 Å². The van der Waals surface area contributed by atoms with Crippen LogP contribution in [0.15, 0.2) is 0 Å². The fraction of sp³-hybridized carbons (Fsp3) is 0.938. The van der Waals surface area contributed by atoms with Crippen LogP contribution in [0.25, 0.3) is 0 Å². The van der Waals surface area contributed by atoms with E-state index >= 15 is 0 Å². The number of likely N-dealkylation sites (N-methyl/N-ethyl adjacent to an activating group) is 1. The fourth-order valence-corrected chi connectivity index (χ4v) is 3.65. The van der Waals surface area contributed by atoms with E-state index < -0.39 is 5.60 Å². The Morgan fingerprint density at radius 2 is 1.90 bits per heavy atom. The van der Waals surface area contributed by atoms with Crippen LogP contribution in [0.4, 0.5) is 4.79 Å². The molecule has 0 aromatic heterocycles. The highest BCUT2D eigenvalue weighted by molar-refractivity contribution is 5.68. The van der Waals surface area contributed by atoms with Crippen molar-refractivity contribution in [1.82, 2.24) is 9.80 Å². The molecule has 2 N–H and O–H groups in total. The highest BCUT2D eigenvalue weighted by Gasteiger charge is 2.39. The Morgan fingerprint density at radius 1 is 1.24 bits per heavy atom. The van der Waals surface area contributed by atoms with Crippen LogP contribution in [0.3, 0.4) is 0 Å². The second-order valence-electron chi connectivity index (χ2n) is 7.82. The number of nitrogens with two attached hydrogens (primary N) is 1. The van der Waals surface area contributed by atoms with E-state index in [1.807, 2.05) is 25.7 Å². The van der Waals surface area contributed by atoms with Gasteiger partial charge in [-0.25, -0.2) is 4.79 Å². The van der Waals surface area contributed by atoms with E-state index in [1.165, 1.54) is 6.42 Å². The number of rotatable bonds is 1. The van der Waals surface area contributed by atoms with Crippen LogP contribution in [0.2, 0.25) is 0 Å². The molecule has 0 spiro atoms. The monoisotopic (exact) mass is 297 g/mol. The minimum Gasteiger partial charge on any atom is -0.444 e. The van der Waals surface area contributed by atoms with Crippen molar-refractivity contribution in [2.24, 2.45) is 11.7 Å². The molecule has 2 unspecified atom stereocenters. The number of nitrogens with zero attached hydrogens (tertiary/aromatic N) is 2. The van der Waals surface area contributed by atoms with Crippen molar-refractivity contribution in [2.45, 2.75) is 70.7 Å². The van der Waals surface area contributed by atoms with E-state index in [4.69, 9.17) is 10.5 Å². The topological polar surface area (TPSA) is 58.8 Å². The highest BCUT2D eigenvalue weighted by atomic mass is 16.6. The number of ether oxygens (including phenoxy) is 1. The Bertz CT molecular complexity index is 380. The largest absolute Gasteiger partial charge is 0.444 e. The van der Waals surface area contributed by atoms with Crippen LogP contribution < -0.4 is 5.73 Å². The van der Waals surface area contributed by atoms with Crippen LogP contribution in [0, 0.1) is 5.92 Å². The lowest BCUT2D eigenvalue weighted by atomic mass is 9.86. The van der Waals surface area contributed by atoms with Gasteiger partial charge in [0.2, 0.25) is 0 Å². The van der Waals surface area contributed by atoms with Crippen molar-refractivity contribution >= 4 is 6.09 Å². The molecular formula is C16H31N3O2. The van der Waals surface area contributed by atoms with Crippen LogP contribution in [-0.2, 0) is 4.74 Å². The van der Waals surface area contributed by atoms with Gasteiger partial charge in [-0.05, 0) is 59.9 Å². The van der Waals surface area contributed by atoms with Crippen molar-refractivity contribution in [1.29, 1.82) is 0 Å². The van der Waals surface area contributed by atoms with E-state index in [0.717, 1.165) is 25.9 Å². The predicted molar refractivity (Wildman–Crippen MR) is 84.1 cm³/mol. The summed E-state index contributed by atoms with van der Waals surface area (Å²) in [7, 11) is 2.15. The third-order valence-electron chi connectivity index (χ3n) is 4.72. The van der Waals surface area contributed by atoms with Crippen molar-refractivity contribution in [3.8, 4) is 0 Å². The van der Waals surface area contributed by atoms with Gasteiger partial charge in [-0.1, -0.05) is 0 Å². The minimum atomic E-state index is -0.434. The number of likely N-dealkylation sites (tertiary alicyclic amines) is 2. The molecule has 21 heavy (non-hydrogen) atoms. The van der Waals surface area contributed by atoms with Crippen LogP contribution in [0.1, 0.15) is 47.0 Å². The molecule has 0 aromatic carbocycles. The summed E-state index contributed by atoms with van der Waals surface area (Å²) in [5, 5.41) is 0. The average Bonchev–Trinajstić information content (AvgIpc) is 2.67. The van der Waals surface area contributed by atoms with Gasteiger partial charge in [-0.3, -0.25) is 0 Å². The number of piperidine rings is 1. The molecule has 0 aromatic rings. The second-order valence-corrected chi connectivity index (χ2v) is 7.82. The van der Waals surface area contributed by atoms with E-state index in [9.17, 15) is 4.79 Å². The molecular weight excluding hydrogens is 266 g/mol. The number of carbonyl (C=O) groups is 1. The summed E-state index contributed by atoms with van der Waals surface area (Å²) < 4.78 is 5.56. The first-order chi connectivity index (χ1) is 9.67. The van der Waals surface area contributed by atoms with Crippen molar-refractivity contribution in [3.05, 3.63) is 0 Å². The van der Waals surface area contributed by atoms with Crippen molar-refractivity contribution in [3.63, 3.8) is 0 Å². The molecule has 0 saturated carbocycles. The van der Waals surface area contributed by atoms with E-state index in [2.05, 4.69) is 18.9 Å². The molecule has 0 radical (unpaired) electrons. The molecule has 4 atom stereocenters. The zero-order valence-corrected chi connectivity index (χ0v) is 14.1. The first kappa shape index (κ1) is 16.6. The predicted octanol–water partition coefficient (Wildman–Crippen LogP) is 2.05. The summed E-state index contributed by atoms with van der Waals surface area (Å²) in [6, 6.07) is 1.03. The summed E-state index contributed by atoms with van der Waals surface area (Å²) >= 11 is 0. The summed E-state index contributed by atoms with van der Waals surface area (Å²) in [6.07, 6.45) is 3.08. The summed E-state index contributed by atoms with van der Waals surface area (Å²) in [6.45, 7) is 9.62. The van der Waals surface area contributed by atoms with Crippen molar-refractivity contribution < 1.29 is 9.53 Å². The molecule has 0 aliphatic carbocycles. The third-order valence-corrected chi connectivity index (χ3v) is 4.72. The molecule has 0 bridgehead atoms. The maximum absolute atomic E-state index is 12.4. The zero-order valence-electron chi connectivity index (χ0n) is 14.1. The summed E-state index contributed by atoms with van der Waals surface area (Å²) in [5.74, 6) is 0.507. The third kappa shape index (κ3) is 4.10. The van der Waals surface area contributed by atoms with Crippen LogP contribution in [-0.4, -0.2) is 59.8 Å². The molecule has 2 aliphatic rings. The SMILES string of the molecule is C[C@@H]1CC[C@H](C2CC(N)CN2C)CN1C(=O)OC(C)(C)C. The Labute approximate surface area is 128 Å². The molecule has 5 heteroatoms. The van der Waals surface area contributed by atoms with Gasteiger partial charge in [-0.15, -0.1) is 0 Å². The van der Waals surface area contributed by atoms with Gasteiger partial charge >= 0.3 is 6.09 Å². The maximum Gasteiger partial charge on any atom is 0.410 e. The Hall–Kier alpha value is -0.810. The zero-order chi connectivity index (χ0) is 15.8. The molecule has 2 fully saturated rings. The number of hydrogen-bond donors (Lipinski definition) is 1.